The van der Waals surface area contributed by atoms with Crippen LogP contribution < -0.4 is 25.5 Å². The number of rotatable bonds is 7. The normalized spacial score (nSPS) is 11.1. The summed E-state index contributed by atoms with van der Waals surface area (Å²) in [4.78, 5) is 14.1. The monoisotopic (exact) mass is 437 g/mol. The van der Waals surface area contributed by atoms with E-state index in [9.17, 15) is 0 Å². The molecule has 0 aliphatic rings. The van der Waals surface area contributed by atoms with E-state index in [1.165, 1.54) is 14.2 Å². The van der Waals surface area contributed by atoms with Crippen LogP contribution in [0.1, 0.15) is 0 Å². The molecule has 3 aromatic rings. The SMILES string of the molecule is COc1cc(OC)c(Cl)c(-c2cc3c[nH+]c(N)nc3c(NCCN(C)C)n2)c1Cl. The van der Waals surface area contributed by atoms with Crippen LogP contribution in [0.2, 0.25) is 10.0 Å². The van der Waals surface area contributed by atoms with E-state index in [1.807, 2.05) is 20.2 Å². The van der Waals surface area contributed by atoms with Crippen molar-refractivity contribution >= 4 is 45.9 Å². The molecule has 0 saturated heterocycles. The number of H-pyrrole nitrogens is 1. The summed E-state index contributed by atoms with van der Waals surface area (Å²) in [5.74, 6) is 1.75. The van der Waals surface area contributed by atoms with Gasteiger partial charge in [0.25, 0.3) is 0 Å². The van der Waals surface area contributed by atoms with Gasteiger partial charge in [-0.2, -0.15) is 0 Å². The number of fused-ring (bicyclic) bond motifs is 1. The van der Waals surface area contributed by atoms with Gasteiger partial charge < -0.3 is 19.7 Å². The number of nitrogens with one attached hydrogen (secondary N) is 2. The molecule has 0 atom stereocenters. The molecule has 0 fully saturated rings. The van der Waals surface area contributed by atoms with E-state index in [4.69, 9.17) is 43.4 Å². The molecule has 1 aromatic carbocycles. The standard InChI is InChI=1S/C19H22Cl2N6O2/c1-27(2)6-5-23-18-17-10(9-24-19(22)26-17)7-11(25-18)14-15(20)12(28-3)8-13(29-4)16(14)21/h7-9H,5-6H2,1-4H3,(H,23,25)(H2,22,24,26)/p+1. The molecule has 2 heterocycles. The van der Waals surface area contributed by atoms with Gasteiger partial charge in [0.05, 0.1) is 41.5 Å². The summed E-state index contributed by atoms with van der Waals surface area (Å²) in [5, 5.41) is 4.80. The van der Waals surface area contributed by atoms with Crippen molar-refractivity contribution in [2.75, 3.05) is 52.5 Å². The molecule has 0 bridgehead atoms. The van der Waals surface area contributed by atoms with Gasteiger partial charge in [0.1, 0.15) is 11.5 Å². The number of hydrogen-bond acceptors (Lipinski definition) is 7. The molecule has 0 spiro atoms. The minimum atomic E-state index is 0.293. The number of nitrogens with two attached hydrogens (primary N) is 1. The Morgan fingerprint density at radius 2 is 1.76 bits per heavy atom. The van der Waals surface area contributed by atoms with Crippen molar-refractivity contribution in [3.05, 3.63) is 28.4 Å². The summed E-state index contributed by atoms with van der Waals surface area (Å²) < 4.78 is 10.7. The summed E-state index contributed by atoms with van der Waals surface area (Å²) in [5.41, 5.74) is 7.55. The van der Waals surface area contributed by atoms with Gasteiger partial charge in [-0.1, -0.05) is 28.2 Å². The van der Waals surface area contributed by atoms with Crippen molar-refractivity contribution in [2.24, 2.45) is 0 Å². The van der Waals surface area contributed by atoms with E-state index in [-0.39, 0.29) is 0 Å². The van der Waals surface area contributed by atoms with E-state index in [1.54, 1.807) is 12.3 Å². The molecule has 29 heavy (non-hydrogen) atoms. The molecule has 3 rings (SSSR count). The van der Waals surface area contributed by atoms with E-state index in [0.29, 0.717) is 56.6 Å². The molecule has 154 valence electrons. The van der Waals surface area contributed by atoms with Gasteiger partial charge in [-0.3, -0.25) is 5.73 Å². The fourth-order valence-corrected chi connectivity index (χ4v) is 3.54. The Labute approximate surface area is 179 Å². The highest BCUT2D eigenvalue weighted by Crippen LogP contribution is 2.46. The molecule has 0 amide bonds. The molecule has 0 aliphatic heterocycles. The quantitative estimate of drug-likeness (QED) is 0.585. The van der Waals surface area contributed by atoms with Crippen LogP contribution >= 0.6 is 23.2 Å². The van der Waals surface area contributed by atoms with Crippen molar-refractivity contribution in [2.45, 2.75) is 0 Å². The maximum Gasteiger partial charge on any atom is 0.387 e. The van der Waals surface area contributed by atoms with Gasteiger partial charge in [0.2, 0.25) is 0 Å². The third-order valence-corrected chi connectivity index (χ3v) is 5.06. The third kappa shape index (κ3) is 4.39. The van der Waals surface area contributed by atoms with Crippen LogP contribution in [-0.4, -0.2) is 56.3 Å². The topological polar surface area (TPSA) is 99.7 Å². The number of hydrogen-bond donors (Lipinski definition) is 2. The Balaban J connectivity index is 2.21. The lowest BCUT2D eigenvalue weighted by Crippen LogP contribution is -2.21. The Hall–Kier alpha value is -2.55. The number of nitrogens with zero attached hydrogens (tertiary/aromatic N) is 3. The minimum Gasteiger partial charge on any atom is -0.495 e. The van der Waals surface area contributed by atoms with Gasteiger partial charge in [-0.15, -0.1) is 0 Å². The fourth-order valence-electron chi connectivity index (χ4n) is 2.85. The van der Waals surface area contributed by atoms with E-state index >= 15 is 0 Å². The Bertz CT molecular complexity index is 1020. The van der Waals surface area contributed by atoms with Gasteiger partial charge in [0.15, 0.2) is 11.3 Å². The Kier molecular flexibility index (Phi) is 6.46. The van der Waals surface area contributed by atoms with E-state index in [2.05, 4.69) is 20.2 Å². The lowest BCUT2D eigenvalue weighted by molar-refractivity contribution is -0.362. The van der Waals surface area contributed by atoms with Crippen molar-refractivity contribution in [1.29, 1.82) is 0 Å². The Morgan fingerprint density at radius 1 is 1.10 bits per heavy atom. The van der Waals surface area contributed by atoms with Gasteiger partial charge >= 0.3 is 5.95 Å². The number of aromatic amines is 1. The second-order valence-electron chi connectivity index (χ2n) is 6.59. The molecule has 0 radical (unpaired) electrons. The predicted molar refractivity (Wildman–Crippen MR) is 116 cm³/mol. The highest BCUT2D eigenvalue weighted by Gasteiger charge is 2.22. The largest absolute Gasteiger partial charge is 0.495 e. The molecule has 4 N–H and O–H groups in total. The number of halogens is 2. The van der Waals surface area contributed by atoms with Gasteiger partial charge in [0, 0.05) is 24.7 Å². The van der Waals surface area contributed by atoms with Crippen LogP contribution in [0.25, 0.3) is 22.2 Å². The van der Waals surface area contributed by atoms with E-state index in [0.717, 1.165) is 11.9 Å². The summed E-state index contributed by atoms with van der Waals surface area (Å²) in [6.07, 6.45) is 1.76. The molecular weight excluding hydrogens is 415 g/mol. The maximum absolute atomic E-state index is 6.58. The number of pyridine rings is 1. The molecular formula is C19H23Cl2N6O2+. The lowest BCUT2D eigenvalue weighted by atomic mass is 10.1. The number of likely N-dealkylation sites (N-methyl/N-ethyl adjacent to an activating group) is 1. The molecule has 8 nitrogen and oxygen atoms in total. The zero-order chi connectivity index (χ0) is 21.1. The number of benzene rings is 1. The molecule has 0 aliphatic carbocycles. The van der Waals surface area contributed by atoms with Crippen LogP contribution in [0.4, 0.5) is 11.8 Å². The summed E-state index contributed by atoms with van der Waals surface area (Å²) >= 11 is 13.2. The highest BCUT2D eigenvalue weighted by molar-refractivity contribution is 6.41. The van der Waals surface area contributed by atoms with Crippen molar-refractivity contribution in [3.63, 3.8) is 0 Å². The Morgan fingerprint density at radius 3 is 2.34 bits per heavy atom. The first kappa shape index (κ1) is 21.2. The predicted octanol–water partition coefficient (Wildman–Crippen LogP) is 2.99. The molecule has 2 aromatic heterocycles. The second kappa shape index (κ2) is 8.86. The number of anilines is 2. The molecule has 0 saturated carbocycles. The number of nitrogen functional groups attached to an aromatic ring is 1. The van der Waals surface area contributed by atoms with Crippen molar-refractivity contribution < 1.29 is 14.5 Å². The van der Waals surface area contributed by atoms with Crippen LogP contribution in [0.5, 0.6) is 11.5 Å². The van der Waals surface area contributed by atoms with Crippen LogP contribution in [0, 0.1) is 0 Å². The van der Waals surface area contributed by atoms with E-state index < -0.39 is 0 Å². The van der Waals surface area contributed by atoms with Crippen molar-refractivity contribution in [3.8, 4) is 22.8 Å². The average molecular weight is 438 g/mol. The minimum absolute atomic E-state index is 0.293. The summed E-state index contributed by atoms with van der Waals surface area (Å²) in [6.45, 7) is 1.48. The van der Waals surface area contributed by atoms with Crippen LogP contribution in [0.3, 0.4) is 0 Å². The van der Waals surface area contributed by atoms with Gasteiger partial charge in [-0.25, -0.2) is 9.97 Å². The second-order valence-corrected chi connectivity index (χ2v) is 7.35. The lowest BCUT2D eigenvalue weighted by Gasteiger charge is -2.16. The number of ether oxygens (including phenoxy) is 2. The van der Waals surface area contributed by atoms with Crippen LogP contribution in [-0.2, 0) is 0 Å². The summed E-state index contributed by atoms with van der Waals surface area (Å²) in [7, 11) is 7.05. The number of aromatic nitrogens is 3. The first-order valence-corrected chi connectivity index (χ1v) is 9.59. The molecule has 10 heteroatoms. The number of methoxy groups -OCH3 is 2. The smallest absolute Gasteiger partial charge is 0.387 e. The zero-order valence-corrected chi connectivity index (χ0v) is 18.1. The molecule has 0 unspecified atom stereocenters. The van der Waals surface area contributed by atoms with Crippen LogP contribution in [0.15, 0.2) is 18.3 Å². The highest BCUT2D eigenvalue weighted by atomic mass is 35.5. The first-order valence-electron chi connectivity index (χ1n) is 8.83. The van der Waals surface area contributed by atoms with Crippen molar-refractivity contribution in [1.82, 2.24) is 14.9 Å². The average Bonchev–Trinajstić information content (AvgIpc) is 2.68. The fraction of sp³-hybridized carbons (Fsp3) is 0.316. The third-order valence-electron chi connectivity index (χ3n) is 4.31. The zero-order valence-electron chi connectivity index (χ0n) is 16.6. The van der Waals surface area contributed by atoms with Gasteiger partial charge in [-0.05, 0) is 20.2 Å². The maximum atomic E-state index is 6.58. The summed E-state index contributed by atoms with van der Waals surface area (Å²) in [6, 6.07) is 3.48. The first-order chi connectivity index (χ1) is 13.8.